The molecule has 0 saturated carbocycles. The zero-order valence-electron chi connectivity index (χ0n) is 12.2. The molecule has 1 aliphatic heterocycles. The molecule has 5 nitrogen and oxygen atoms in total. The molecule has 6 heteroatoms. The van der Waals surface area contributed by atoms with Gasteiger partial charge >= 0.3 is 0 Å². The van der Waals surface area contributed by atoms with Crippen molar-refractivity contribution < 1.29 is 9.59 Å². The number of carbonyl (C=O) groups excluding carboxylic acids is 2. The average Bonchev–Trinajstić information content (AvgIpc) is 2.38. The molecule has 1 heterocycles. The Morgan fingerprint density at radius 1 is 1.24 bits per heavy atom. The van der Waals surface area contributed by atoms with E-state index in [0.717, 1.165) is 4.47 Å². The largest absolute Gasteiger partial charge is 0.321 e. The maximum absolute atomic E-state index is 12.3. The Bertz CT molecular complexity index is 602. The summed E-state index contributed by atoms with van der Waals surface area (Å²) in [5.41, 5.74) is 6.37. The number of nitrogens with two attached hydrogens (primary N) is 1. The number of nitrogens with one attached hydrogen (secondary N) is 1. The van der Waals surface area contributed by atoms with Crippen LogP contribution >= 0.6 is 15.9 Å². The first kappa shape index (κ1) is 15.9. The molecule has 0 fully saturated rings. The van der Waals surface area contributed by atoms with Crippen LogP contribution in [0.3, 0.4) is 0 Å². The third-order valence-corrected chi connectivity index (χ3v) is 3.95. The highest BCUT2D eigenvalue weighted by molar-refractivity contribution is 9.10. The zero-order chi connectivity index (χ0) is 15.8. The van der Waals surface area contributed by atoms with Gasteiger partial charge in [-0.1, -0.05) is 48.8 Å². The second-order valence-electron chi connectivity index (χ2n) is 6.15. The fraction of sp³-hybridized carbons (Fsp3) is 0.400. The Hall–Kier alpha value is -1.53. The second-order valence-corrected chi connectivity index (χ2v) is 7.07. The molecular formula is C15H18BrN3O2. The summed E-state index contributed by atoms with van der Waals surface area (Å²) in [5.74, 6) is -1.53. The van der Waals surface area contributed by atoms with Crippen molar-refractivity contribution in [1.29, 1.82) is 0 Å². The van der Waals surface area contributed by atoms with Crippen molar-refractivity contribution >= 4 is 33.6 Å². The summed E-state index contributed by atoms with van der Waals surface area (Å²) in [6, 6.07) is 6.54. The van der Waals surface area contributed by atoms with Gasteiger partial charge in [0.2, 0.25) is 5.91 Å². The number of aliphatic imine (C=N–C) groups is 1. The van der Waals surface area contributed by atoms with E-state index >= 15 is 0 Å². The monoisotopic (exact) mass is 351 g/mol. The van der Waals surface area contributed by atoms with Gasteiger partial charge in [0.25, 0.3) is 5.91 Å². The van der Waals surface area contributed by atoms with Gasteiger partial charge in [-0.25, -0.2) is 0 Å². The molecule has 1 aliphatic rings. The van der Waals surface area contributed by atoms with Crippen LogP contribution in [0.1, 0.15) is 32.3 Å². The third-order valence-electron chi connectivity index (χ3n) is 3.42. The first-order valence-electron chi connectivity index (χ1n) is 6.64. The molecule has 2 unspecified atom stereocenters. The Morgan fingerprint density at radius 3 is 2.29 bits per heavy atom. The first-order chi connectivity index (χ1) is 9.70. The van der Waals surface area contributed by atoms with Crippen molar-refractivity contribution in [3.05, 3.63) is 34.3 Å². The number of carbonyl (C=O) groups is 2. The van der Waals surface area contributed by atoms with Gasteiger partial charge in [-0.15, -0.1) is 0 Å². The minimum atomic E-state index is -0.908. The van der Waals surface area contributed by atoms with Crippen molar-refractivity contribution in [2.45, 2.75) is 32.7 Å². The molecule has 0 radical (unpaired) electrons. The number of rotatable bonds is 2. The van der Waals surface area contributed by atoms with Gasteiger partial charge in [-0.3, -0.25) is 9.59 Å². The quantitative estimate of drug-likeness (QED) is 0.798. The molecular weight excluding hydrogens is 334 g/mol. The van der Waals surface area contributed by atoms with Crippen LogP contribution in [0.4, 0.5) is 0 Å². The number of amides is 2. The Balaban J connectivity index is 2.30. The van der Waals surface area contributed by atoms with Crippen LogP contribution in [0.15, 0.2) is 33.7 Å². The van der Waals surface area contributed by atoms with E-state index in [4.69, 9.17) is 5.73 Å². The van der Waals surface area contributed by atoms with Gasteiger partial charge in [-0.2, -0.15) is 4.99 Å². The SMILES string of the molecule is CC(C)(C)C(N)C1=NC(=O)C(c2ccc(Br)cc2)C(=O)N1. The maximum Gasteiger partial charge on any atom is 0.264 e. The lowest BCUT2D eigenvalue weighted by atomic mass is 9.85. The molecule has 2 rings (SSSR count). The molecule has 21 heavy (non-hydrogen) atoms. The average molecular weight is 352 g/mol. The van der Waals surface area contributed by atoms with Crippen LogP contribution in [0.5, 0.6) is 0 Å². The topological polar surface area (TPSA) is 84.5 Å². The number of hydrogen-bond donors (Lipinski definition) is 2. The van der Waals surface area contributed by atoms with Gasteiger partial charge in [0.05, 0.1) is 6.04 Å². The minimum Gasteiger partial charge on any atom is -0.321 e. The molecule has 0 aromatic heterocycles. The predicted molar refractivity (Wildman–Crippen MR) is 84.9 cm³/mol. The van der Waals surface area contributed by atoms with Crippen molar-refractivity contribution in [2.75, 3.05) is 0 Å². The summed E-state index contributed by atoms with van der Waals surface area (Å²) in [6.07, 6.45) is 0. The molecule has 2 atom stereocenters. The van der Waals surface area contributed by atoms with Gasteiger partial charge < -0.3 is 11.1 Å². The second kappa shape index (κ2) is 5.69. The summed E-state index contributed by atoms with van der Waals surface area (Å²) in [7, 11) is 0. The van der Waals surface area contributed by atoms with E-state index in [2.05, 4.69) is 26.2 Å². The molecule has 1 aromatic carbocycles. The van der Waals surface area contributed by atoms with E-state index in [0.29, 0.717) is 5.56 Å². The summed E-state index contributed by atoms with van der Waals surface area (Å²) >= 11 is 3.32. The highest BCUT2D eigenvalue weighted by atomic mass is 79.9. The Labute approximate surface area is 132 Å². The predicted octanol–water partition coefficient (Wildman–Crippen LogP) is 1.96. The van der Waals surface area contributed by atoms with Crippen LogP contribution < -0.4 is 11.1 Å². The van der Waals surface area contributed by atoms with E-state index in [-0.39, 0.29) is 17.2 Å². The highest BCUT2D eigenvalue weighted by Crippen LogP contribution is 2.25. The lowest BCUT2D eigenvalue weighted by Gasteiger charge is -2.31. The molecule has 112 valence electrons. The van der Waals surface area contributed by atoms with Crippen LogP contribution in [-0.4, -0.2) is 23.7 Å². The van der Waals surface area contributed by atoms with Crippen LogP contribution in [0.25, 0.3) is 0 Å². The molecule has 1 aromatic rings. The number of halogens is 1. The van der Waals surface area contributed by atoms with Crippen molar-refractivity contribution in [3.63, 3.8) is 0 Å². The van der Waals surface area contributed by atoms with Crippen molar-refractivity contribution in [2.24, 2.45) is 16.1 Å². The smallest absolute Gasteiger partial charge is 0.264 e. The molecule has 3 N–H and O–H groups in total. The highest BCUT2D eigenvalue weighted by Gasteiger charge is 2.37. The minimum absolute atomic E-state index is 0.242. The lowest BCUT2D eigenvalue weighted by Crippen LogP contribution is -2.54. The molecule has 0 spiro atoms. The summed E-state index contributed by atoms with van der Waals surface area (Å²) in [5, 5.41) is 2.67. The molecule has 0 aliphatic carbocycles. The van der Waals surface area contributed by atoms with Crippen LogP contribution in [0, 0.1) is 5.41 Å². The summed E-state index contributed by atoms with van der Waals surface area (Å²) < 4.78 is 0.883. The van der Waals surface area contributed by atoms with Crippen LogP contribution in [0.2, 0.25) is 0 Å². The first-order valence-corrected chi connectivity index (χ1v) is 7.44. The Kier molecular flexibility index (Phi) is 4.30. The fourth-order valence-electron chi connectivity index (χ4n) is 2.03. The van der Waals surface area contributed by atoms with Gasteiger partial charge in [0.15, 0.2) is 0 Å². The number of nitrogens with zero attached hydrogens (tertiary/aromatic N) is 1. The van der Waals surface area contributed by atoms with E-state index in [1.807, 2.05) is 20.8 Å². The van der Waals surface area contributed by atoms with Gasteiger partial charge in [0, 0.05) is 4.47 Å². The number of benzene rings is 1. The summed E-state index contributed by atoms with van der Waals surface area (Å²) in [6.45, 7) is 5.78. The summed E-state index contributed by atoms with van der Waals surface area (Å²) in [4.78, 5) is 28.5. The third kappa shape index (κ3) is 3.39. The molecule has 0 saturated heterocycles. The maximum atomic E-state index is 12.3. The zero-order valence-corrected chi connectivity index (χ0v) is 13.8. The standard InChI is InChI=1S/C15H18BrN3O2/c1-15(2,3)11(17)12-18-13(20)10(14(21)19-12)8-4-6-9(16)7-5-8/h4-7,10-11H,17H2,1-3H3,(H,18,19,20,21). The van der Waals surface area contributed by atoms with Gasteiger partial charge in [-0.05, 0) is 23.1 Å². The van der Waals surface area contributed by atoms with E-state index in [1.165, 1.54) is 0 Å². The molecule has 2 amide bonds. The number of hydrogen-bond acceptors (Lipinski definition) is 3. The van der Waals surface area contributed by atoms with Crippen LogP contribution in [-0.2, 0) is 9.59 Å². The van der Waals surface area contributed by atoms with Gasteiger partial charge in [0.1, 0.15) is 11.8 Å². The van der Waals surface area contributed by atoms with Crippen molar-refractivity contribution in [3.8, 4) is 0 Å². The normalized spacial score (nSPS) is 20.8. The van der Waals surface area contributed by atoms with Crippen molar-refractivity contribution in [1.82, 2.24) is 5.32 Å². The van der Waals surface area contributed by atoms with E-state index in [9.17, 15) is 9.59 Å². The number of amidine groups is 1. The van der Waals surface area contributed by atoms with E-state index in [1.54, 1.807) is 24.3 Å². The Morgan fingerprint density at radius 2 is 1.81 bits per heavy atom. The van der Waals surface area contributed by atoms with E-state index < -0.39 is 17.9 Å². The fourth-order valence-corrected chi connectivity index (χ4v) is 2.29. The molecule has 0 bridgehead atoms. The lowest BCUT2D eigenvalue weighted by molar-refractivity contribution is -0.129.